The molecule has 2 aromatic rings. The number of para-hydroxylation sites is 1. The lowest BCUT2D eigenvalue weighted by Crippen LogP contribution is -1.75. The minimum Gasteiger partial charge on any atom is -0.224 e. The van der Waals surface area contributed by atoms with E-state index in [4.69, 9.17) is 0 Å². The van der Waals surface area contributed by atoms with Crippen LogP contribution in [-0.4, -0.2) is 4.98 Å². The highest BCUT2D eigenvalue weighted by Gasteiger charge is 2.28. The molecule has 1 aromatic heterocycles. The van der Waals surface area contributed by atoms with Crippen LogP contribution in [0.1, 0.15) is 0 Å². The first-order valence-electron chi connectivity index (χ1n) is 3.35. The third kappa shape index (κ3) is 1.64. The molecule has 0 bridgehead atoms. The third-order valence-electron chi connectivity index (χ3n) is 1.47. The van der Waals surface area contributed by atoms with E-state index < -0.39 is 15.5 Å². The fraction of sp³-hybridized carbons (Fsp3) is 0. The molecule has 0 saturated heterocycles. The summed E-state index contributed by atoms with van der Waals surface area (Å²) in [6.07, 6.45) is 0. The van der Waals surface area contributed by atoms with Crippen LogP contribution in [0.3, 0.4) is 0 Å². The zero-order chi connectivity index (χ0) is 9.47. The van der Waals surface area contributed by atoms with E-state index in [0.717, 1.165) is 0 Å². The Bertz CT molecular complexity index is 401. The molecule has 0 aliphatic heterocycles. The maximum Gasteiger partial charge on any atom is 0.264 e. The topological polar surface area (TPSA) is 12.9 Å². The number of halogens is 3. The Labute approximate surface area is 78.4 Å². The molecule has 1 heterocycles. The van der Waals surface area contributed by atoms with Crippen molar-refractivity contribution in [2.24, 2.45) is 0 Å². The van der Waals surface area contributed by atoms with Crippen molar-refractivity contribution in [1.82, 2.24) is 4.98 Å². The first-order chi connectivity index (χ1) is 6.07. The van der Waals surface area contributed by atoms with E-state index in [1.54, 1.807) is 24.3 Å². The second-order valence-corrected chi connectivity index (χ2v) is 4.84. The predicted octanol–water partition coefficient (Wildman–Crippen LogP) is 4.11. The molecule has 1 aromatic carbocycles. The van der Waals surface area contributed by atoms with E-state index in [-0.39, 0.29) is 0 Å². The molecule has 0 spiro atoms. The van der Waals surface area contributed by atoms with Gasteiger partial charge in [0, 0.05) is 0 Å². The van der Waals surface area contributed by atoms with Gasteiger partial charge in [0.2, 0.25) is 4.34 Å². The lowest BCUT2D eigenvalue weighted by molar-refractivity contribution is 0.632. The molecule has 0 radical (unpaired) electrons. The molecule has 0 fully saturated rings. The van der Waals surface area contributed by atoms with Crippen molar-refractivity contribution in [2.45, 2.75) is 4.34 Å². The van der Waals surface area contributed by atoms with Gasteiger partial charge in [-0.2, -0.15) is 0 Å². The average molecular weight is 223 g/mol. The van der Waals surface area contributed by atoms with E-state index in [0.29, 0.717) is 21.6 Å². The Hall–Kier alpha value is -0.750. The molecule has 1 nitrogen and oxygen atoms in total. The van der Waals surface area contributed by atoms with Crippen LogP contribution in [0.15, 0.2) is 28.6 Å². The highest BCUT2D eigenvalue weighted by atomic mass is 32.3. The summed E-state index contributed by atoms with van der Waals surface area (Å²) in [7, 11) is 0. The Morgan fingerprint density at radius 1 is 1.15 bits per heavy atom. The minimum atomic E-state index is -5.16. The van der Waals surface area contributed by atoms with Crippen LogP contribution in [-0.2, 0) is 0 Å². The van der Waals surface area contributed by atoms with Crippen molar-refractivity contribution in [3.05, 3.63) is 24.3 Å². The van der Waals surface area contributed by atoms with Gasteiger partial charge < -0.3 is 0 Å². The van der Waals surface area contributed by atoms with Gasteiger partial charge >= 0.3 is 0 Å². The standard InChI is InChI=1S/C7H4F3NS2/c8-13(9,10)7-11-5-3-1-2-4-6(5)12-7/h1-4H. The summed E-state index contributed by atoms with van der Waals surface area (Å²) in [4.78, 5) is 3.51. The smallest absolute Gasteiger partial charge is 0.224 e. The highest BCUT2D eigenvalue weighted by molar-refractivity contribution is 8.22. The normalized spacial score (nSPS) is 13.5. The molecule has 13 heavy (non-hydrogen) atoms. The quantitative estimate of drug-likeness (QED) is 0.708. The second-order valence-electron chi connectivity index (χ2n) is 2.35. The molecule has 0 aliphatic carbocycles. The number of rotatable bonds is 1. The molecule has 0 unspecified atom stereocenters. The molecule has 6 heteroatoms. The number of nitrogens with zero attached hydrogens (tertiary/aromatic N) is 1. The Kier molecular flexibility index (Phi) is 1.96. The summed E-state index contributed by atoms with van der Waals surface area (Å²) in [6.45, 7) is 0. The summed E-state index contributed by atoms with van der Waals surface area (Å²) in [5.41, 5.74) is 0.423. The van der Waals surface area contributed by atoms with Crippen LogP contribution in [0, 0.1) is 0 Å². The number of hydrogen-bond acceptors (Lipinski definition) is 2. The van der Waals surface area contributed by atoms with Gasteiger partial charge in [-0.25, -0.2) is 4.98 Å². The molecule has 0 saturated carbocycles. The van der Waals surface area contributed by atoms with Gasteiger partial charge in [-0.05, 0) is 12.1 Å². The number of fused-ring (bicyclic) bond motifs is 1. The number of benzene rings is 1. The van der Waals surface area contributed by atoms with Gasteiger partial charge in [-0.3, -0.25) is 0 Å². The van der Waals surface area contributed by atoms with E-state index in [1.165, 1.54) is 0 Å². The Morgan fingerprint density at radius 3 is 2.46 bits per heavy atom. The first kappa shape index (κ1) is 8.83. The monoisotopic (exact) mass is 223 g/mol. The van der Waals surface area contributed by atoms with Crippen LogP contribution < -0.4 is 0 Å². The predicted molar refractivity (Wildman–Crippen MR) is 48.8 cm³/mol. The number of aromatic nitrogens is 1. The van der Waals surface area contributed by atoms with E-state index >= 15 is 0 Å². The maximum absolute atomic E-state index is 12.3. The molecule has 2 rings (SSSR count). The second kappa shape index (κ2) is 2.88. The summed E-state index contributed by atoms with van der Waals surface area (Å²) >= 11 is -4.45. The van der Waals surface area contributed by atoms with Gasteiger partial charge in [-0.1, -0.05) is 12.1 Å². The lowest BCUT2D eigenvalue weighted by atomic mass is 10.3. The highest BCUT2D eigenvalue weighted by Crippen LogP contribution is 2.62. The molecular formula is C7H4F3NS2. The summed E-state index contributed by atoms with van der Waals surface area (Å²) in [6, 6.07) is 6.61. The zero-order valence-electron chi connectivity index (χ0n) is 6.21. The number of hydrogen-bond donors (Lipinski definition) is 0. The van der Waals surface area contributed by atoms with Crippen LogP contribution in [0.5, 0.6) is 0 Å². The summed E-state index contributed by atoms with van der Waals surface area (Å²) < 4.78 is 36.7. The summed E-state index contributed by atoms with van der Waals surface area (Å²) in [5, 5.41) is 0. The van der Waals surface area contributed by atoms with Gasteiger partial charge in [0.1, 0.15) is 0 Å². The molecule has 0 atom stereocenters. The molecule has 70 valence electrons. The summed E-state index contributed by atoms with van der Waals surface area (Å²) in [5.74, 6) is 0. The first-order valence-corrected chi connectivity index (χ1v) is 5.50. The van der Waals surface area contributed by atoms with Gasteiger partial charge in [0.25, 0.3) is 11.2 Å². The van der Waals surface area contributed by atoms with Gasteiger partial charge in [0.05, 0.1) is 10.2 Å². The van der Waals surface area contributed by atoms with E-state index in [9.17, 15) is 11.7 Å². The van der Waals surface area contributed by atoms with Crippen LogP contribution in [0.2, 0.25) is 0 Å². The molecule has 0 aliphatic rings. The number of thiazole rings is 1. The molecule has 0 amide bonds. The van der Waals surface area contributed by atoms with Crippen molar-refractivity contribution in [2.75, 3.05) is 0 Å². The van der Waals surface area contributed by atoms with Crippen LogP contribution >= 0.6 is 22.5 Å². The third-order valence-corrected chi connectivity index (χ3v) is 3.61. The SMILES string of the molecule is FS(F)(F)c1nc2ccccc2s1. The van der Waals surface area contributed by atoms with Crippen LogP contribution in [0.25, 0.3) is 10.2 Å². The van der Waals surface area contributed by atoms with Crippen LogP contribution in [0.4, 0.5) is 11.7 Å². The van der Waals surface area contributed by atoms with Crippen molar-refractivity contribution in [1.29, 1.82) is 0 Å². The molecular weight excluding hydrogens is 219 g/mol. The van der Waals surface area contributed by atoms with Crippen molar-refractivity contribution < 1.29 is 11.7 Å². The van der Waals surface area contributed by atoms with Crippen molar-refractivity contribution in [3.8, 4) is 0 Å². The minimum absolute atomic E-state index is 0.423. The fourth-order valence-electron chi connectivity index (χ4n) is 0.950. The van der Waals surface area contributed by atoms with Gasteiger partial charge in [-0.15, -0.1) is 23.0 Å². The zero-order valence-corrected chi connectivity index (χ0v) is 7.84. The Morgan fingerprint density at radius 2 is 1.85 bits per heavy atom. The fourth-order valence-corrected chi connectivity index (χ4v) is 2.50. The van der Waals surface area contributed by atoms with Crippen molar-refractivity contribution in [3.63, 3.8) is 0 Å². The Balaban J connectivity index is 2.63. The van der Waals surface area contributed by atoms with Gasteiger partial charge in [0.15, 0.2) is 0 Å². The largest absolute Gasteiger partial charge is 0.264 e. The van der Waals surface area contributed by atoms with Crippen molar-refractivity contribution >= 4 is 32.7 Å². The van der Waals surface area contributed by atoms with E-state index in [1.807, 2.05) is 0 Å². The maximum atomic E-state index is 12.3. The molecule has 0 N–H and O–H groups in total. The average Bonchev–Trinajstić information content (AvgIpc) is 2.45. The van der Waals surface area contributed by atoms with E-state index in [2.05, 4.69) is 4.98 Å². The lowest BCUT2D eigenvalue weighted by Gasteiger charge is -2.02.